The predicted molar refractivity (Wildman–Crippen MR) is 93.3 cm³/mol. The van der Waals surface area contributed by atoms with Crippen LogP contribution in [0.1, 0.15) is 37.8 Å². The van der Waals surface area contributed by atoms with E-state index >= 15 is 0 Å². The number of amides is 1. The second-order valence-electron chi connectivity index (χ2n) is 6.88. The molecule has 4 nitrogen and oxygen atoms in total. The molecule has 3 rings (SSSR count). The van der Waals surface area contributed by atoms with Gasteiger partial charge in [0.15, 0.2) is 0 Å². The van der Waals surface area contributed by atoms with Crippen LogP contribution in [0.15, 0.2) is 24.3 Å². The average Bonchev–Trinajstić information content (AvgIpc) is 3.11. The molecular formula is C19H28FN3O. The molecule has 1 amide bonds. The predicted octanol–water partition coefficient (Wildman–Crippen LogP) is 2.52. The maximum Gasteiger partial charge on any atom is 0.236 e. The topological polar surface area (TPSA) is 26.8 Å². The zero-order valence-electron chi connectivity index (χ0n) is 14.6. The molecule has 2 heterocycles. The standard InChI is InChI=1S/C19H28FN3O/c1-2-18(16-5-7-17(20)8-6-16)22-11-13-23(14-12-22)19(24)15-21-9-3-4-10-21/h5-8,18H,2-4,9-15H2,1H3. The molecule has 1 aromatic carbocycles. The molecule has 2 aliphatic rings. The highest BCUT2D eigenvalue weighted by molar-refractivity contribution is 5.78. The molecule has 24 heavy (non-hydrogen) atoms. The van der Waals surface area contributed by atoms with Crippen LogP contribution in [0.25, 0.3) is 0 Å². The van der Waals surface area contributed by atoms with Crippen molar-refractivity contribution in [3.05, 3.63) is 35.6 Å². The van der Waals surface area contributed by atoms with E-state index in [1.165, 1.54) is 25.0 Å². The van der Waals surface area contributed by atoms with Gasteiger partial charge >= 0.3 is 0 Å². The second kappa shape index (κ2) is 8.08. The largest absolute Gasteiger partial charge is 0.339 e. The minimum Gasteiger partial charge on any atom is -0.339 e. The van der Waals surface area contributed by atoms with Crippen molar-refractivity contribution in [2.45, 2.75) is 32.2 Å². The molecule has 132 valence electrons. The Morgan fingerprint density at radius 2 is 1.67 bits per heavy atom. The number of hydrogen-bond acceptors (Lipinski definition) is 3. The zero-order valence-corrected chi connectivity index (χ0v) is 14.6. The lowest BCUT2D eigenvalue weighted by molar-refractivity contribution is -0.134. The number of piperazine rings is 1. The molecule has 2 aliphatic heterocycles. The highest BCUT2D eigenvalue weighted by Gasteiger charge is 2.27. The van der Waals surface area contributed by atoms with Gasteiger partial charge in [-0.1, -0.05) is 19.1 Å². The molecule has 1 unspecified atom stereocenters. The van der Waals surface area contributed by atoms with Crippen LogP contribution in [0.4, 0.5) is 4.39 Å². The number of rotatable bonds is 5. The van der Waals surface area contributed by atoms with Crippen molar-refractivity contribution in [2.75, 3.05) is 45.8 Å². The van der Waals surface area contributed by atoms with Crippen LogP contribution in [0.2, 0.25) is 0 Å². The molecule has 0 spiro atoms. The summed E-state index contributed by atoms with van der Waals surface area (Å²) in [6.45, 7) is 8.24. The van der Waals surface area contributed by atoms with Gasteiger partial charge in [-0.15, -0.1) is 0 Å². The maximum absolute atomic E-state index is 13.1. The first kappa shape index (κ1) is 17.4. The van der Waals surface area contributed by atoms with E-state index in [0.717, 1.165) is 51.3 Å². The van der Waals surface area contributed by atoms with E-state index in [4.69, 9.17) is 0 Å². The third-order valence-electron chi connectivity index (χ3n) is 5.31. The van der Waals surface area contributed by atoms with Crippen molar-refractivity contribution in [3.8, 4) is 0 Å². The van der Waals surface area contributed by atoms with Crippen LogP contribution in [0.5, 0.6) is 0 Å². The summed E-state index contributed by atoms with van der Waals surface area (Å²) < 4.78 is 13.1. The molecule has 2 saturated heterocycles. The Balaban J connectivity index is 1.53. The zero-order chi connectivity index (χ0) is 16.9. The van der Waals surface area contributed by atoms with Crippen molar-refractivity contribution in [2.24, 2.45) is 0 Å². The number of nitrogens with zero attached hydrogens (tertiary/aromatic N) is 3. The number of benzene rings is 1. The fraction of sp³-hybridized carbons (Fsp3) is 0.632. The maximum atomic E-state index is 13.1. The summed E-state index contributed by atoms with van der Waals surface area (Å²) in [5.74, 6) is 0.0808. The normalized spacial score (nSPS) is 21.2. The first-order chi connectivity index (χ1) is 11.7. The van der Waals surface area contributed by atoms with Gasteiger partial charge in [-0.05, 0) is 50.0 Å². The molecule has 0 saturated carbocycles. The van der Waals surface area contributed by atoms with Crippen molar-refractivity contribution in [3.63, 3.8) is 0 Å². The Kier molecular flexibility index (Phi) is 5.85. The van der Waals surface area contributed by atoms with Crippen molar-refractivity contribution >= 4 is 5.91 Å². The minimum absolute atomic E-state index is 0.189. The van der Waals surface area contributed by atoms with Crippen LogP contribution >= 0.6 is 0 Å². The fourth-order valence-corrected chi connectivity index (χ4v) is 3.90. The molecule has 0 aromatic heterocycles. The third kappa shape index (κ3) is 4.14. The molecule has 0 aliphatic carbocycles. The Morgan fingerprint density at radius 3 is 2.25 bits per heavy atom. The van der Waals surface area contributed by atoms with Crippen LogP contribution in [-0.2, 0) is 4.79 Å². The van der Waals surface area contributed by atoms with E-state index in [-0.39, 0.29) is 11.7 Å². The fourth-order valence-electron chi connectivity index (χ4n) is 3.90. The summed E-state index contributed by atoms with van der Waals surface area (Å²) in [6.07, 6.45) is 3.43. The van der Waals surface area contributed by atoms with Gasteiger partial charge in [0.25, 0.3) is 0 Å². The molecule has 0 N–H and O–H groups in total. The van der Waals surface area contributed by atoms with Crippen LogP contribution in [0, 0.1) is 5.82 Å². The summed E-state index contributed by atoms with van der Waals surface area (Å²) in [6, 6.07) is 7.14. The summed E-state index contributed by atoms with van der Waals surface area (Å²) in [5, 5.41) is 0. The summed E-state index contributed by atoms with van der Waals surface area (Å²) in [7, 11) is 0. The number of halogens is 1. The third-order valence-corrected chi connectivity index (χ3v) is 5.31. The Bertz CT molecular complexity index is 534. The Hall–Kier alpha value is -1.46. The molecule has 1 aromatic rings. The van der Waals surface area contributed by atoms with Crippen LogP contribution in [0.3, 0.4) is 0 Å². The van der Waals surface area contributed by atoms with Gasteiger partial charge in [0.2, 0.25) is 5.91 Å². The van der Waals surface area contributed by atoms with Gasteiger partial charge in [0.05, 0.1) is 6.54 Å². The first-order valence-corrected chi connectivity index (χ1v) is 9.17. The summed E-state index contributed by atoms with van der Waals surface area (Å²) in [4.78, 5) is 19.1. The van der Waals surface area contributed by atoms with Gasteiger partial charge in [-0.2, -0.15) is 0 Å². The van der Waals surface area contributed by atoms with Crippen molar-refractivity contribution in [1.29, 1.82) is 0 Å². The van der Waals surface area contributed by atoms with Crippen molar-refractivity contribution in [1.82, 2.24) is 14.7 Å². The highest BCUT2D eigenvalue weighted by atomic mass is 19.1. The average molecular weight is 333 g/mol. The lowest BCUT2D eigenvalue weighted by Crippen LogP contribution is -2.51. The molecule has 2 fully saturated rings. The van der Waals surface area contributed by atoms with E-state index in [1.807, 2.05) is 17.0 Å². The van der Waals surface area contributed by atoms with Gasteiger partial charge in [0.1, 0.15) is 5.82 Å². The Labute approximate surface area is 144 Å². The quantitative estimate of drug-likeness (QED) is 0.828. The van der Waals surface area contributed by atoms with Crippen LogP contribution < -0.4 is 0 Å². The van der Waals surface area contributed by atoms with E-state index in [2.05, 4.69) is 16.7 Å². The van der Waals surface area contributed by atoms with Gasteiger partial charge in [-0.25, -0.2) is 4.39 Å². The lowest BCUT2D eigenvalue weighted by Gasteiger charge is -2.39. The molecule has 0 bridgehead atoms. The number of carbonyl (C=O) groups is 1. The van der Waals surface area contributed by atoms with Gasteiger partial charge in [-0.3, -0.25) is 14.6 Å². The molecule has 0 radical (unpaired) electrons. The van der Waals surface area contributed by atoms with E-state index in [1.54, 1.807) is 0 Å². The monoisotopic (exact) mass is 333 g/mol. The minimum atomic E-state index is -0.189. The van der Waals surface area contributed by atoms with Crippen molar-refractivity contribution < 1.29 is 9.18 Å². The molecule has 5 heteroatoms. The van der Waals surface area contributed by atoms with E-state index in [0.29, 0.717) is 12.6 Å². The number of likely N-dealkylation sites (tertiary alicyclic amines) is 1. The van der Waals surface area contributed by atoms with Crippen LogP contribution in [-0.4, -0.2) is 66.4 Å². The van der Waals surface area contributed by atoms with Gasteiger partial charge < -0.3 is 4.90 Å². The van der Waals surface area contributed by atoms with E-state index < -0.39 is 0 Å². The first-order valence-electron chi connectivity index (χ1n) is 9.17. The SMILES string of the molecule is CCC(c1ccc(F)cc1)N1CCN(C(=O)CN2CCCC2)CC1. The van der Waals surface area contributed by atoms with Gasteiger partial charge in [0, 0.05) is 32.2 Å². The molecule has 1 atom stereocenters. The Morgan fingerprint density at radius 1 is 1.04 bits per heavy atom. The van der Waals surface area contributed by atoms with E-state index in [9.17, 15) is 9.18 Å². The second-order valence-corrected chi connectivity index (χ2v) is 6.88. The highest BCUT2D eigenvalue weighted by Crippen LogP contribution is 2.25. The smallest absolute Gasteiger partial charge is 0.236 e. The summed E-state index contributed by atoms with van der Waals surface area (Å²) >= 11 is 0. The number of carbonyl (C=O) groups excluding carboxylic acids is 1. The lowest BCUT2D eigenvalue weighted by atomic mass is 10.0. The molecular weight excluding hydrogens is 305 g/mol. The number of hydrogen-bond donors (Lipinski definition) is 0. The summed E-state index contributed by atoms with van der Waals surface area (Å²) in [5.41, 5.74) is 1.16.